The van der Waals surface area contributed by atoms with Gasteiger partial charge in [0, 0.05) is 0 Å². The Morgan fingerprint density at radius 1 is 1.17 bits per heavy atom. The fourth-order valence-corrected chi connectivity index (χ4v) is 0.348. The lowest BCUT2D eigenvalue weighted by atomic mass is 9.98. The molecule has 1 radical (unpaired) electrons. The fraction of sp³-hybridized carbons (Fsp3) is 0.714. The molecule has 0 saturated heterocycles. The molecule has 12 heavy (non-hydrogen) atoms. The average molecular weight is 175 g/mol. The first-order valence-electron chi connectivity index (χ1n) is 3.35. The molecule has 0 aliphatic rings. The molecule has 5 heteroatoms. The summed E-state index contributed by atoms with van der Waals surface area (Å²) in [5.74, 6) is -0.524. The van der Waals surface area contributed by atoms with Crippen LogP contribution in [0.1, 0.15) is 20.8 Å². The molecule has 0 aromatic heterocycles. The van der Waals surface area contributed by atoms with Gasteiger partial charge in [-0.15, -0.1) is 0 Å². The minimum Gasteiger partial charge on any atom is -0.427 e. The Kier molecular flexibility index (Phi) is 3.53. The highest BCUT2D eigenvalue weighted by Crippen LogP contribution is 2.14. The van der Waals surface area contributed by atoms with Crippen LogP contribution in [0.25, 0.3) is 0 Å². The van der Waals surface area contributed by atoms with Gasteiger partial charge in [-0.3, -0.25) is 4.79 Å². The molecule has 0 amide bonds. The Bertz CT molecular complexity index is 179. The molecule has 0 atom stereocenters. The van der Waals surface area contributed by atoms with Crippen molar-refractivity contribution in [1.82, 2.24) is 0 Å². The summed E-state index contributed by atoms with van der Waals surface area (Å²) in [5.41, 5.74) is -0.657. The molecule has 0 fully saturated rings. The number of carbonyl (C=O) groups is 2. The maximum atomic E-state index is 10.9. The first kappa shape index (κ1) is 10.7. The van der Waals surface area contributed by atoms with Gasteiger partial charge in [-0.05, 0) is 20.8 Å². The van der Waals surface area contributed by atoms with Gasteiger partial charge in [-0.1, -0.05) is 0 Å². The van der Waals surface area contributed by atoms with Crippen molar-refractivity contribution >= 4 is 12.1 Å². The van der Waals surface area contributed by atoms with Gasteiger partial charge >= 0.3 is 12.1 Å². The highest BCUT2D eigenvalue weighted by Gasteiger charge is 2.23. The van der Waals surface area contributed by atoms with Crippen molar-refractivity contribution in [3.63, 3.8) is 0 Å². The van der Waals surface area contributed by atoms with Crippen LogP contribution in [0.2, 0.25) is 0 Å². The molecule has 0 bridgehead atoms. The molecular formula is C7H11O5. The Morgan fingerprint density at radius 3 is 2.00 bits per heavy atom. The summed E-state index contributed by atoms with van der Waals surface area (Å²) >= 11 is 0. The van der Waals surface area contributed by atoms with Crippen molar-refractivity contribution in [1.29, 1.82) is 0 Å². The minimum absolute atomic E-state index is 0.524. The van der Waals surface area contributed by atoms with Crippen LogP contribution in [-0.4, -0.2) is 18.9 Å². The van der Waals surface area contributed by atoms with E-state index in [2.05, 4.69) is 9.47 Å². The lowest BCUT2D eigenvalue weighted by Crippen LogP contribution is -2.24. The monoisotopic (exact) mass is 175 g/mol. The Balaban J connectivity index is 3.66. The average Bonchev–Trinajstić information content (AvgIpc) is 1.84. The van der Waals surface area contributed by atoms with Gasteiger partial charge in [0.1, 0.15) is 0 Å². The molecule has 0 spiro atoms. The van der Waals surface area contributed by atoms with E-state index >= 15 is 0 Å². The highest BCUT2D eigenvalue weighted by atomic mass is 16.7. The zero-order valence-electron chi connectivity index (χ0n) is 7.25. The Labute approximate surface area is 70.3 Å². The lowest BCUT2D eigenvalue weighted by Gasteiger charge is -2.15. The molecule has 0 unspecified atom stereocenters. The van der Waals surface area contributed by atoms with Crippen LogP contribution in [-0.2, 0) is 19.4 Å². The maximum Gasteiger partial charge on any atom is 0.552 e. The maximum absolute atomic E-state index is 10.9. The second-order valence-electron chi connectivity index (χ2n) is 3.19. The number of hydrogen-bond acceptors (Lipinski definition) is 4. The summed E-state index contributed by atoms with van der Waals surface area (Å²) in [6, 6.07) is 0. The van der Waals surface area contributed by atoms with E-state index in [-0.39, 0.29) is 0 Å². The van der Waals surface area contributed by atoms with Crippen LogP contribution in [0.4, 0.5) is 4.79 Å². The van der Waals surface area contributed by atoms with E-state index in [0.29, 0.717) is 0 Å². The van der Waals surface area contributed by atoms with Crippen molar-refractivity contribution in [3.8, 4) is 0 Å². The molecule has 0 N–H and O–H groups in total. The predicted molar refractivity (Wildman–Crippen MR) is 37.6 cm³/mol. The third-order valence-electron chi connectivity index (χ3n) is 0.979. The van der Waals surface area contributed by atoms with Gasteiger partial charge in [0.2, 0.25) is 6.79 Å². The third kappa shape index (κ3) is 4.54. The van der Waals surface area contributed by atoms with Crippen molar-refractivity contribution in [2.24, 2.45) is 5.41 Å². The van der Waals surface area contributed by atoms with Crippen LogP contribution in [0.15, 0.2) is 0 Å². The number of carbonyl (C=O) groups excluding carboxylic acids is 2. The number of ether oxygens (including phenoxy) is 2. The number of esters is 1. The second kappa shape index (κ2) is 3.94. The van der Waals surface area contributed by atoms with Crippen molar-refractivity contribution in [2.75, 3.05) is 6.79 Å². The predicted octanol–water partition coefficient (Wildman–Crippen LogP) is 1.10. The molecule has 0 heterocycles. The summed E-state index contributed by atoms with van der Waals surface area (Å²) in [6.45, 7) is 4.33. The first-order valence-corrected chi connectivity index (χ1v) is 3.35. The van der Waals surface area contributed by atoms with Crippen molar-refractivity contribution in [3.05, 3.63) is 0 Å². The van der Waals surface area contributed by atoms with Crippen LogP contribution in [0.3, 0.4) is 0 Å². The van der Waals surface area contributed by atoms with Gasteiger partial charge in [0.15, 0.2) is 0 Å². The van der Waals surface area contributed by atoms with E-state index in [0.717, 1.165) is 0 Å². The molecule has 0 aliphatic carbocycles. The number of rotatable bonds is 2. The Morgan fingerprint density at radius 2 is 1.67 bits per heavy atom. The summed E-state index contributed by atoms with van der Waals surface area (Å²) in [7, 11) is 0. The van der Waals surface area contributed by atoms with E-state index in [1.54, 1.807) is 20.8 Å². The largest absolute Gasteiger partial charge is 0.552 e. The summed E-state index contributed by atoms with van der Waals surface area (Å²) in [4.78, 5) is 20.6. The zero-order valence-corrected chi connectivity index (χ0v) is 7.25. The molecule has 0 rings (SSSR count). The smallest absolute Gasteiger partial charge is 0.427 e. The molecule has 0 saturated carbocycles. The topological polar surface area (TPSA) is 72.5 Å². The van der Waals surface area contributed by atoms with E-state index in [9.17, 15) is 14.7 Å². The van der Waals surface area contributed by atoms with Gasteiger partial charge < -0.3 is 9.47 Å². The molecule has 0 aromatic carbocycles. The minimum atomic E-state index is -1.71. The standard InChI is InChI=1S/C7H11O5/c1-7(2,3)5(8)11-4-12-6(9)10/h4H2,1-3H3. The molecule has 0 aromatic rings. The zero-order chi connectivity index (χ0) is 9.78. The molecule has 5 nitrogen and oxygen atoms in total. The van der Waals surface area contributed by atoms with Crippen LogP contribution in [0, 0.1) is 5.41 Å². The van der Waals surface area contributed by atoms with E-state index in [4.69, 9.17) is 0 Å². The van der Waals surface area contributed by atoms with E-state index in [1.807, 2.05) is 0 Å². The van der Waals surface area contributed by atoms with Gasteiger partial charge in [0.25, 0.3) is 0 Å². The highest BCUT2D eigenvalue weighted by molar-refractivity contribution is 5.75. The lowest BCUT2D eigenvalue weighted by molar-refractivity contribution is -0.162. The van der Waals surface area contributed by atoms with Crippen LogP contribution < -0.4 is 0 Å². The van der Waals surface area contributed by atoms with E-state index in [1.165, 1.54) is 0 Å². The van der Waals surface area contributed by atoms with E-state index < -0.39 is 24.3 Å². The van der Waals surface area contributed by atoms with Gasteiger partial charge in [-0.2, -0.15) is 9.90 Å². The van der Waals surface area contributed by atoms with Crippen LogP contribution in [0.5, 0.6) is 0 Å². The summed E-state index contributed by atoms with van der Waals surface area (Å²) < 4.78 is 8.31. The van der Waals surface area contributed by atoms with Crippen molar-refractivity contribution in [2.45, 2.75) is 20.8 Å². The quantitative estimate of drug-likeness (QED) is 0.465. The molecule has 69 valence electrons. The summed E-state index contributed by atoms with van der Waals surface area (Å²) in [6.07, 6.45) is -1.71. The SMILES string of the molecule is CC(C)(C)C(=O)OCOC([O])=O. The summed E-state index contributed by atoms with van der Waals surface area (Å²) in [5, 5.41) is 9.71. The van der Waals surface area contributed by atoms with Gasteiger partial charge in [-0.25, -0.2) is 0 Å². The second-order valence-corrected chi connectivity index (χ2v) is 3.19. The fourth-order valence-electron chi connectivity index (χ4n) is 0.348. The Hall–Kier alpha value is -1.26. The third-order valence-corrected chi connectivity index (χ3v) is 0.979. The first-order chi connectivity index (χ1) is 5.34. The number of hydrogen-bond donors (Lipinski definition) is 0. The molecular weight excluding hydrogens is 164 g/mol. The molecule has 0 aliphatic heterocycles. The van der Waals surface area contributed by atoms with Gasteiger partial charge in [0.05, 0.1) is 5.41 Å². The normalized spacial score (nSPS) is 10.6. The van der Waals surface area contributed by atoms with Crippen LogP contribution >= 0.6 is 0 Å². The van der Waals surface area contributed by atoms with Crippen molar-refractivity contribution < 1.29 is 24.2 Å².